The molecule has 0 saturated carbocycles. The van der Waals surface area contributed by atoms with E-state index >= 15 is 0 Å². The first kappa shape index (κ1) is 16.1. The highest BCUT2D eigenvalue weighted by Gasteiger charge is 2.16. The van der Waals surface area contributed by atoms with Crippen LogP contribution < -0.4 is 4.90 Å². The van der Waals surface area contributed by atoms with Gasteiger partial charge in [0.15, 0.2) is 0 Å². The van der Waals surface area contributed by atoms with E-state index in [0.717, 1.165) is 43.2 Å². The summed E-state index contributed by atoms with van der Waals surface area (Å²) in [5.41, 5.74) is 3.47. The Labute approximate surface area is 126 Å². The molecule has 0 radical (unpaired) electrons. The zero-order chi connectivity index (χ0) is 11.8. The van der Waals surface area contributed by atoms with E-state index in [-0.39, 0.29) is 24.8 Å². The molecule has 2 aromatic rings. The van der Waals surface area contributed by atoms with Crippen molar-refractivity contribution in [1.82, 2.24) is 14.9 Å². The monoisotopic (exact) mass is 302 g/mol. The van der Waals surface area contributed by atoms with Crippen molar-refractivity contribution in [1.29, 1.82) is 0 Å². The Bertz CT molecular complexity index is 532. The van der Waals surface area contributed by atoms with Crippen molar-refractivity contribution in [3.8, 4) is 0 Å². The molecule has 0 atom stereocenters. The fraction of sp³-hybridized carbons (Fsp3) is 0.462. The molecule has 0 amide bonds. The highest BCUT2D eigenvalue weighted by Crippen LogP contribution is 2.19. The molecular weight excluding hydrogens is 283 g/mol. The molecule has 1 aromatic carbocycles. The van der Waals surface area contributed by atoms with Gasteiger partial charge in [0.2, 0.25) is 5.95 Å². The maximum absolute atomic E-state index is 4.65. The van der Waals surface area contributed by atoms with Gasteiger partial charge in [-0.25, -0.2) is 4.98 Å². The number of nitrogens with zero attached hydrogens (tertiary/aromatic N) is 3. The molecule has 106 valence electrons. The minimum atomic E-state index is 0. The van der Waals surface area contributed by atoms with E-state index in [1.165, 1.54) is 5.56 Å². The van der Waals surface area contributed by atoms with E-state index in [2.05, 4.69) is 51.9 Å². The summed E-state index contributed by atoms with van der Waals surface area (Å²) in [6.45, 7) is 6.42. The number of anilines is 1. The number of likely N-dealkylation sites (N-methyl/N-ethyl adjacent to an activating group) is 1. The van der Waals surface area contributed by atoms with Crippen LogP contribution in [-0.2, 0) is 0 Å². The minimum absolute atomic E-state index is 0. The van der Waals surface area contributed by atoms with Gasteiger partial charge in [0.1, 0.15) is 0 Å². The molecule has 6 heteroatoms. The van der Waals surface area contributed by atoms with Gasteiger partial charge in [-0.1, -0.05) is 6.07 Å². The molecule has 1 aromatic heterocycles. The molecule has 19 heavy (non-hydrogen) atoms. The molecule has 0 bridgehead atoms. The lowest BCUT2D eigenvalue weighted by atomic mass is 10.2. The zero-order valence-corrected chi connectivity index (χ0v) is 12.9. The van der Waals surface area contributed by atoms with Gasteiger partial charge in [-0.3, -0.25) is 0 Å². The fourth-order valence-corrected chi connectivity index (χ4v) is 2.28. The largest absolute Gasteiger partial charge is 0.340 e. The number of aryl methyl sites for hydroxylation is 1. The quantitative estimate of drug-likeness (QED) is 0.879. The van der Waals surface area contributed by atoms with Crippen molar-refractivity contribution in [3.05, 3.63) is 23.8 Å². The summed E-state index contributed by atoms with van der Waals surface area (Å²) in [4.78, 5) is 12.8. The number of nitrogens with one attached hydrogen (secondary N) is 1. The van der Waals surface area contributed by atoms with Gasteiger partial charge in [0.05, 0.1) is 11.0 Å². The number of hydrogen-bond acceptors (Lipinski definition) is 3. The molecule has 1 aliphatic heterocycles. The molecular formula is C13H20Cl2N4. The Morgan fingerprint density at radius 3 is 2.47 bits per heavy atom. The van der Waals surface area contributed by atoms with Gasteiger partial charge >= 0.3 is 0 Å². The van der Waals surface area contributed by atoms with Crippen LogP contribution in [-0.4, -0.2) is 48.1 Å². The average molecular weight is 303 g/mol. The van der Waals surface area contributed by atoms with E-state index in [0.29, 0.717) is 0 Å². The van der Waals surface area contributed by atoms with Gasteiger partial charge in [0.25, 0.3) is 0 Å². The van der Waals surface area contributed by atoms with Crippen molar-refractivity contribution >= 4 is 41.8 Å². The Kier molecular flexibility index (Phi) is 5.47. The summed E-state index contributed by atoms with van der Waals surface area (Å²) in [5, 5.41) is 0. The highest BCUT2D eigenvalue weighted by molar-refractivity contribution is 5.85. The number of imidazole rings is 1. The third-order valence-electron chi connectivity index (χ3n) is 3.43. The van der Waals surface area contributed by atoms with Gasteiger partial charge < -0.3 is 14.8 Å². The Balaban J connectivity index is 0.000000902. The highest BCUT2D eigenvalue weighted by atomic mass is 35.5. The predicted octanol–water partition coefficient (Wildman–Crippen LogP) is 2.47. The third kappa shape index (κ3) is 3.32. The van der Waals surface area contributed by atoms with E-state index in [1.807, 2.05) is 0 Å². The second-order valence-corrected chi connectivity index (χ2v) is 4.87. The number of halogens is 2. The van der Waals surface area contributed by atoms with Crippen molar-refractivity contribution < 1.29 is 0 Å². The van der Waals surface area contributed by atoms with Crippen LogP contribution >= 0.6 is 24.8 Å². The summed E-state index contributed by atoms with van der Waals surface area (Å²) in [5.74, 6) is 1.01. The average Bonchev–Trinajstić information content (AvgIpc) is 2.72. The standard InChI is InChI=1S/C13H18N4.2ClH/c1-10-3-4-11-12(9-10)15-13(14-11)17-7-5-16(2)6-8-17;;/h3-4,9H,5-8H2,1-2H3,(H,14,15);2*1H. The molecule has 2 heterocycles. The van der Waals surface area contributed by atoms with Crippen molar-refractivity contribution in [2.24, 2.45) is 0 Å². The molecule has 4 nitrogen and oxygen atoms in total. The molecule has 1 fully saturated rings. The summed E-state index contributed by atoms with van der Waals surface area (Å²) in [6.07, 6.45) is 0. The van der Waals surface area contributed by atoms with E-state index in [1.54, 1.807) is 0 Å². The SMILES string of the molecule is Cc1ccc2nc(N3CCN(C)CC3)[nH]c2c1.Cl.Cl. The third-order valence-corrected chi connectivity index (χ3v) is 3.43. The van der Waals surface area contributed by atoms with E-state index in [9.17, 15) is 0 Å². The maximum Gasteiger partial charge on any atom is 0.203 e. The summed E-state index contributed by atoms with van der Waals surface area (Å²) in [7, 11) is 2.17. The van der Waals surface area contributed by atoms with E-state index < -0.39 is 0 Å². The van der Waals surface area contributed by atoms with Gasteiger partial charge in [0, 0.05) is 26.2 Å². The topological polar surface area (TPSA) is 35.2 Å². The maximum atomic E-state index is 4.65. The molecule has 3 rings (SSSR count). The van der Waals surface area contributed by atoms with Crippen LogP contribution in [0.3, 0.4) is 0 Å². The lowest BCUT2D eigenvalue weighted by Crippen LogP contribution is -2.44. The van der Waals surface area contributed by atoms with Gasteiger partial charge in [-0.2, -0.15) is 0 Å². The second-order valence-electron chi connectivity index (χ2n) is 4.87. The number of piperazine rings is 1. The number of hydrogen-bond donors (Lipinski definition) is 1. The Hall–Kier alpha value is -0.970. The van der Waals surface area contributed by atoms with Crippen molar-refractivity contribution in [3.63, 3.8) is 0 Å². The van der Waals surface area contributed by atoms with Crippen LogP contribution in [0.4, 0.5) is 5.95 Å². The first-order valence-corrected chi connectivity index (χ1v) is 6.12. The molecule has 1 N–H and O–H groups in total. The lowest BCUT2D eigenvalue weighted by molar-refractivity contribution is 0.311. The normalized spacial score (nSPS) is 16.0. The number of rotatable bonds is 1. The van der Waals surface area contributed by atoms with Crippen LogP contribution in [0.2, 0.25) is 0 Å². The van der Waals surface area contributed by atoms with Crippen LogP contribution in [0.5, 0.6) is 0 Å². The molecule has 0 aliphatic carbocycles. The smallest absolute Gasteiger partial charge is 0.203 e. The van der Waals surface area contributed by atoms with Gasteiger partial charge in [-0.15, -0.1) is 24.8 Å². The van der Waals surface area contributed by atoms with Crippen molar-refractivity contribution in [2.45, 2.75) is 6.92 Å². The summed E-state index contributed by atoms with van der Waals surface area (Å²) < 4.78 is 0. The predicted molar refractivity (Wildman–Crippen MR) is 85.0 cm³/mol. The number of aromatic amines is 1. The Morgan fingerprint density at radius 2 is 1.79 bits per heavy atom. The second kappa shape index (κ2) is 6.46. The first-order chi connectivity index (χ1) is 8.22. The Morgan fingerprint density at radius 1 is 1.11 bits per heavy atom. The molecule has 1 saturated heterocycles. The van der Waals surface area contributed by atoms with Crippen LogP contribution in [0, 0.1) is 6.92 Å². The number of aromatic nitrogens is 2. The molecule has 1 aliphatic rings. The fourth-order valence-electron chi connectivity index (χ4n) is 2.28. The van der Waals surface area contributed by atoms with Gasteiger partial charge in [-0.05, 0) is 31.7 Å². The zero-order valence-electron chi connectivity index (χ0n) is 11.2. The number of benzene rings is 1. The van der Waals surface area contributed by atoms with Crippen molar-refractivity contribution in [2.75, 3.05) is 38.1 Å². The lowest BCUT2D eigenvalue weighted by Gasteiger charge is -2.32. The number of fused-ring (bicyclic) bond motifs is 1. The first-order valence-electron chi connectivity index (χ1n) is 6.12. The van der Waals surface area contributed by atoms with E-state index in [4.69, 9.17) is 0 Å². The summed E-state index contributed by atoms with van der Waals surface area (Å²) in [6, 6.07) is 6.35. The minimum Gasteiger partial charge on any atom is -0.340 e. The van der Waals surface area contributed by atoms with Crippen LogP contribution in [0.15, 0.2) is 18.2 Å². The number of H-pyrrole nitrogens is 1. The molecule has 0 unspecified atom stereocenters. The van der Waals surface area contributed by atoms with Crippen LogP contribution in [0.25, 0.3) is 11.0 Å². The summed E-state index contributed by atoms with van der Waals surface area (Å²) >= 11 is 0. The molecule has 0 spiro atoms. The van der Waals surface area contributed by atoms with Crippen LogP contribution in [0.1, 0.15) is 5.56 Å².